The molecule has 26 heavy (non-hydrogen) atoms. The highest BCUT2D eigenvalue weighted by molar-refractivity contribution is 7.95. The minimum Gasteiger partial charge on any atom is -0.280 e. The van der Waals surface area contributed by atoms with Crippen LogP contribution in [0.1, 0.15) is 0 Å². The maximum absolute atomic E-state index is 12.7. The maximum Gasteiger partial charge on any atom is 0.263 e. The fraction of sp³-hybridized carbons (Fsp3) is 0. The molecule has 0 unspecified atom stereocenters. The van der Waals surface area contributed by atoms with Crippen LogP contribution in [0.25, 0.3) is 0 Å². The van der Waals surface area contributed by atoms with Crippen LogP contribution in [0, 0.1) is 0 Å². The van der Waals surface area contributed by atoms with Crippen molar-refractivity contribution in [1.29, 1.82) is 0 Å². The van der Waals surface area contributed by atoms with Crippen molar-refractivity contribution in [3.05, 3.63) is 84.9 Å². The number of sulfonamides is 2. The van der Waals surface area contributed by atoms with Crippen molar-refractivity contribution in [2.24, 2.45) is 0 Å². The van der Waals surface area contributed by atoms with E-state index in [0.29, 0.717) is 11.4 Å². The zero-order valence-corrected chi connectivity index (χ0v) is 15.2. The molecule has 0 atom stereocenters. The summed E-state index contributed by atoms with van der Waals surface area (Å²) in [5.74, 6) is 0. The van der Waals surface area contributed by atoms with E-state index < -0.39 is 20.0 Å². The van der Waals surface area contributed by atoms with E-state index in [0.717, 1.165) is 0 Å². The second-order valence-electron chi connectivity index (χ2n) is 5.39. The predicted molar refractivity (Wildman–Crippen MR) is 101 cm³/mol. The van der Waals surface area contributed by atoms with Crippen LogP contribution >= 0.6 is 0 Å². The molecule has 2 N–H and O–H groups in total. The van der Waals surface area contributed by atoms with Gasteiger partial charge in [0.05, 0.1) is 0 Å². The van der Waals surface area contributed by atoms with Crippen LogP contribution < -0.4 is 9.44 Å². The first-order valence-electron chi connectivity index (χ1n) is 7.63. The summed E-state index contributed by atoms with van der Waals surface area (Å²) in [6.07, 6.45) is 0. The molecule has 6 nitrogen and oxygen atoms in total. The van der Waals surface area contributed by atoms with Gasteiger partial charge in [0, 0.05) is 11.4 Å². The molecule has 0 amide bonds. The molecule has 134 valence electrons. The summed E-state index contributed by atoms with van der Waals surface area (Å²) in [5.41, 5.74) is 0.687. The highest BCUT2D eigenvalue weighted by Crippen LogP contribution is 2.25. The second-order valence-corrected chi connectivity index (χ2v) is 8.69. The SMILES string of the molecule is O=S(=O)(Nc1ccccc1)c1ccccc1S(=O)(=O)Nc1ccccc1. The molecule has 0 aliphatic rings. The van der Waals surface area contributed by atoms with E-state index in [1.165, 1.54) is 24.3 Å². The Morgan fingerprint density at radius 3 is 1.12 bits per heavy atom. The molecule has 0 aromatic heterocycles. The van der Waals surface area contributed by atoms with Gasteiger partial charge in [-0.25, -0.2) is 16.8 Å². The fourth-order valence-corrected chi connectivity index (χ4v) is 5.28. The molecular weight excluding hydrogens is 372 g/mol. The molecule has 3 rings (SSSR count). The fourth-order valence-electron chi connectivity index (χ4n) is 2.33. The lowest BCUT2D eigenvalue weighted by atomic mass is 10.3. The Labute approximate surface area is 152 Å². The van der Waals surface area contributed by atoms with Crippen LogP contribution in [-0.4, -0.2) is 16.8 Å². The first-order chi connectivity index (χ1) is 12.4. The standard InChI is InChI=1S/C18H16N2O4S2/c21-25(22,19-15-9-3-1-4-10-15)17-13-7-8-14-18(17)26(23,24)20-16-11-5-2-6-12-16/h1-14,19-20H. The van der Waals surface area contributed by atoms with E-state index in [4.69, 9.17) is 0 Å². The third-order valence-corrected chi connectivity index (χ3v) is 6.49. The monoisotopic (exact) mass is 388 g/mol. The van der Waals surface area contributed by atoms with Gasteiger partial charge in [-0.05, 0) is 36.4 Å². The molecule has 0 heterocycles. The van der Waals surface area contributed by atoms with Crippen molar-refractivity contribution < 1.29 is 16.8 Å². The lowest BCUT2D eigenvalue weighted by Crippen LogP contribution is -2.20. The molecule has 8 heteroatoms. The summed E-state index contributed by atoms with van der Waals surface area (Å²) in [7, 11) is -8.18. The van der Waals surface area contributed by atoms with E-state index in [9.17, 15) is 16.8 Å². The number of para-hydroxylation sites is 2. The van der Waals surface area contributed by atoms with Crippen molar-refractivity contribution in [3.8, 4) is 0 Å². The molecule has 0 fully saturated rings. The Morgan fingerprint density at radius 2 is 0.769 bits per heavy atom. The van der Waals surface area contributed by atoms with Gasteiger partial charge >= 0.3 is 0 Å². The third kappa shape index (κ3) is 4.04. The van der Waals surface area contributed by atoms with Crippen LogP contribution in [0.2, 0.25) is 0 Å². The first-order valence-corrected chi connectivity index (χ1v) is 10.6. The topological polar surface area (TPSA) is 92.3 Å². The normalized spacial score (nSPS) is 11.7. The van der Waals surface area contributed by atoms with E-state index in [2.05, 4.69) is 9.44 Å². The van der Waals surface area contributed by atoms with Crippen molar-refractivity contribution in [2.75, 3.05) is 9.44 Å². The predicted octanol–water partition coefficient (Wildman–Crippen LogP) is 3.29. The van der Waals surface area contributed by atoms with Gasteiger partial charge < -0.3 is 0 Å². The highest BCUT2D eigenvalue weighted by atomic mass is 32.2. The third-order valence-electron chi connectivity index (χ3n) is 3.48. The number of hydrogen-bond acceptors (Lipinski definition) is 4. The van der Waals surface area contributed by atoms with Gasteiger partial charge in [-0.1, -0.05) is 48.5 Å². The quantitative estimate of drug-likeness (QED) is 0.678. The minimum absolute atomic E-state index is 0.327. The number of anilines is 2. The van der Waals surface area contributed by atoms with Gasteiger partial charge in [-0.2, -0.15) is 0 Å². The van der Waals surface area contributed by atoms with Gasteiger partial charge in [0.1, 0.15) is 9.79 Å². The lowest BCUT2D eigenvalue weighted by Gasteiger charge is -2.14. The molecule has 0 spiro atoms. The molecule has 0 aliphatic carbocycles. The number of nitrogens with one attached hydrogen (secondary N) is 2. The summed E-state index contributed by atoms with van der Waals surface area (Å²) in [5, 5.41) is 0. The summed E-state index contributed by atoms with van der Waals surface area (Å²) in [6.45, 7) is 0. The summed E-state index contributed by atoms with van der Waals surface area (Å²) < 4.78 is 55.7. The Balaban J connectivity index is 2.00. The molecule has 0 bridgehead atoms. The molecule has 3 aromatic rings. The molecular formula is C18H16N2O4S2. The molecule has 0 saturated heterocycles. The van der Waals surface area contributed by atoms with E-state index >= 15 is 0 Å². The molecule has 0 saturated carbocycles. The van der Waals surface area contributed by atoms with Crippen molar-refractivity contribution >= 4 is 31.4 Å². The van der Waals surface area contributed by atoms with Crippen LogP contribution in [0.15, 0.2) is 94.7 Å². The maximum atomic E-state index is 12.7. The summed E-state index contributed by atoms with van der Waals surface area (Å²) in [6, 6.07) is 22.0. The average molecular weight is 388 g/mol. The highest BCUT2D eigenvalue weighted by Gasteiger charge is 2.26. The van der Waals surface area contributed by atoms with Gasteiger partial charge in [0.25, 0.3) is 20.0 Å². The lowest BCUT2D eigenvalue weighted by molar-refractivity contribution is 0.588. The number of hydrogen-bond donors (Lipinski definition) is 2. The van der Waals surface area contributed by atoms with Gasteiger partial charge in [-0.3, -0.25) is 9.44 Å². The largest absolute Gasteiger partial charge is 0.280 e. The molecule has 0 aliphatic heterocycles. The smallest absolute Gasteiger partial charge is 0.263 e. The van der Waals surface area contributed by atoms with Gasteiger partial charge in [-0.15, -0.1) is 0 Å². The first kappa shape index (κ1) is 18.0. The van der Waals surface area contributed by atoms with Crippen LogP contribution in [-0.2, 0) is 20.0 Å². The Hall–Kier alpha value is -2.84. The van der Waals surface area contributed by atoms with Gasteiger partial charge in [0.2, 0.25) is 0 Å². The van der Waals surface area contributed by atoms with Gasteiger partial charge in [0.15, 0.2) is 0 Å². The number of rotatable bonds is 6. The minimum atomic E-state index is -4.09. The Kier molecular flexibility index (Phi) is 4.97. The molecule has 3 aromatic carbocycles. The van der Waals surface area contributed by atoms with E-state index in [-0.39, 0.29) is 9.79 Å². The van der Waals surface area contributed by atoms with Crippen LogP contribution in [0.5, 0.6) is 0 Å². The van der Waals surface area contributed by atoms with E-state index in [1.807, 2.05) is 0 Å². The van der Waals surface area contributed by atoms with E-state index in [1.54, 1.807) is 60.7 Å². The zero-order valence-electron chi connectivity index (χ0n) is 13.5. The summed E-state index contributed by atoms with van der Waals surface area (Å²) in [4.78, 5) is -0.653. The van der Waals surface area contributed by atoms with Crippen LogP contribution in [0.4, 0.5) is 11.4 Å². The van der Waals surface area contributed by atoms with Crippen molar-refractivity contribution in [3.63, 3.8) is 0 Å². The Bertz CT molecular complexity index is 1010. The van der Waals surface area contributed by atoms with Crippen molar-refractivity contribution in [2.45, 2.75) is 9.79 Å². The average Bonchev–Trinajstić information content (AvgIpc) is 2.63. The van der Waals surface area contributed by atoms with Crippen molar-refractivity contribution in [1.82, 2.24) is 0 Å². The second kappa shape index (κ2) is 7.19. The Morgan fingerprint density at radius 1 is 0.462 bits per heavy atom. The zero-order chi connectivity index (χ0) is 18.6. The van der Waals surface area contributed by atoms with Crippen LogP contribution in [0.3, 0.4) is 0 Å². The number of benzene rings is 3. The molecule has 0 radical (unpaired) electrons. The summed E-state index contributed by atoms with van der Waals surface area (Å²) >= 11 is 0.